The van der Waals surface area contributed by atoms with Crippen LogP contribution < -0.4 is 0 Å². The monoisotopic (exact) mass is 343 g/mol. The van der Waals surface area contributed by atoms with Gasteiger partial charge in [-0.2, -0.15) is 11.8 Å². The van der Waals surface area contributed by atoms with Crippen molar-refractivity contribution in [3.05, 3.63) is 29.0 Å². The second-order valence-corrected chi connectivity index (χ2v) is 7.64. The van der Waals surface area contributed by atoms with E-state index in [1.165, 1.54) is 24.6 Å². The molecule has 0 bridgehead atoms. The van der Waals surface area contributed by atoms with Crippen molar-refractivity contribution in [2.24, 2.45) is 0 Å². The minimum Gasteiger partial charge on any atom is -0.325 e. The van der Waals surface area contributed by atoms with Crippen molar-refractivity contribution in [1.82, 2.24) is 14.5 Å². The Balaban J connectivity index is 1.87. The second kappa shape index (κ2) is 6.78. The second-order valence-electron chi connectivity index (χ2n) is 5.32. The van der Waals surface area contributed by atoms with Gasteiger partial charge in [-0.05, 0) is 25.1 Å². The molecule has 0 radical (unpaired) electrons. The highest BCUT2D eigenvalue weighted by molar-refractivity contribution is 7.99. The van der Waals surface area contributed by atoms with Crippen LogP contribution in [-0.2, 0) is 6.54 Å². The fourth-order valence-corrected chi connectivity index (χ4v) is 4.03. The number of halogens is 2. The highest BCUT2D eigenvalue weighted by atomic mass is 35.5. The van der Waals surface area contributed by atoms with Crippen LogP contribution in [-0.4, -0.2) is 45.6 Å². The van der Waals surface area contributed by atoms with Gasteiger partial charge < -0.3 is 4.57 Å². The highest BCUT2D eigenvalue weighted by Gasteiger charge is 2.17. The number of thioether (sulfide) groups is 1. The Morgan fingerprint density at radius 1 is 1.29 bits per heavy atom. The molecule has 1 aromatic heterocycles. The van der Waals surface area contributed by atoms with Crippen LogP contribution in [0.2, 0.25) is 5.02 Å². The number of rotatable bonds is 4. The standard InChI is InChI=1S/C15H19Cl2N3S/c1-11(16)15-18-13-3-2-12(17)10-14(13)20(15)5-4-19-6-8-21-9-7-19/h2-3,10-11H,4-9H2,1H3. The molecule has 0 spiro atoms. The summed E-state index contributed by atoms with van der Waals surface area (Å²) < 4.78 is 2.22. The molecule has 1 fully saturated rings. The summed E-state index contributed by atoms with van der Waals surface area (Å²) in [6.07, 6.45) is 0. The third-order valence-corrected chi connectivity index (χ3v) is 5.21. The molecule has 3 nitrogen and oxygen atoms in total. The van der Waals surface area contributed by atoms with E-state index in [-0.39, 0.29) is 5.38 Å². The zero-order valence-corrected chi connectivity index (χ0v) is 14.4. The minimum absolute atomic E-state index is 0.104. The topological polar surface area (TPSA) is 21.1 Å². The number of nitrogens with zero attached hydrogens (tertiary/aromatic N) is 3. The minimum atomic E-state index is -0.104. The van der Waals surface area contributed by atoms with Gasteiger partial charge in [-0.1, -0.05) is 11.6 Å². The van der Waals surface area contributed by atoms with Crippen LogP contribution in [0.15, 0.2) is 18.2 Å². The zero-order chi connectivity index (χ0) is 14.8. The summed E-state index contributed by atoms with van der Waals surface area (Å²) >= 11 is 14.5. The number of benzene rings is 1. The van der Waals surface area contributed by atoms with Crippen LogP contribution >= 0.6 is 35.0 Å². The van der Waals surface area contributed by atoms with Crippen molar-refractivity contribution in [1.29, 1.82) is 0 Å². The summed E-state index contributed by atoms with van der Waals surface area (Å²) in [4.78, 5) is 7.18. The first-order valence-corrected chi connectivity index (χ1v) is 9.22. The van der Waals surface area contributed by atoms with Crippen LogP contribution in [0.1, 0.15) is 18.1 Å². The molecular formula is C15H19Cl2N3S. The summed E-state index contributed by atoms with van der Waals surface area (Å²) in [5.41, 5.74) is 2.05. The first kappa shape index (κ1) is 15.5. The Morgan fingerprint density at radius 2 is 2.05 bits per heavy atom. The average molecular weight is 344 g/mol. The number of hydrogen-bond acceptors (Lipinski definition) is 3. The SMILES string of the molecule is CC(Cl)c1nc2ccc(Cl)cc2n1CCN1CCSCC1. The van der Waals surface area contributed by atoms with Crippen molar-refractivity contribution in [3.8, 4) is 0 Å². The molecule has 2 heterocycles. The van der Waals surface area contributed by atoms with Crippen LogP contribution in [0, 0.1) is 0 Å². The molecule has 1 aromatic carbocycles. The molecule has 1 saturated heterocycles. The lowest BCUT2D eigenvalue weighted by Crippen LogP contribution is -2.35. The number of hydrogen-bond donors (Lipinski definition) is 0. The molecule has 6 heteroatoms. The van der Waals surface area contributed by atoms with Gasteiger partial charge >= 0.3 is 0 Å². The van der Waals surface area contributed by atoms with Gasteiger partial charge in [0.2, 0.25) is 0 Å². The van der Waals surface area contributed by atoms with E-state index in [1.54, 1.807) is 0 Å². The Morgan fingerprint density at radius 3 is 2.76 bits per heavy atom. The Kier molecular flexibility index (Phi) is 4.99. The van der Waals surface area contributed by atoms with E-state index in [1.807, 2.05) is 36.9 Å². The van der Waals surface area contributed by atoms with Gasteiger partial charge in [-0.15, -0.1) is 11.6 Å². The van der Waals surface area contributed by atoms with E-state index in [2.05, 4.69) is 14.5 Å². The van der Waals surface area contributed by atoms with Gasteiger partial charge in [-0.25, -0.2) is 4.98 Å². The molecule has 1 aliphatic rings. The molecule has 0 amide bonds. The Labute approximate surface area is 139 Å². The molecule has 0 aliphatic carbocycles. The van der Waals surface area contributed by atoms with Gasteiger partial charge in [0.15, 0.2) is 0 Å². The summed E-state index contributed by atoms with van der Waals surface area (Å²) in [6, 6.07) is 5.83. The summed E-state index contributed by atoms with van der Waals surface area (Å²) in [6.45, 7) is 6.26. The van der Waals surface area contributed by atoms with Gasteiger partial charge in [0, 0.05) is 42.7 Å². The number of aromatic nitrogens is 2. The van der Waals surface area contributed by atoms with Crippen LogP contribution in [0.25, 0.3) is 11.0 Å². The molecule has 2 aromatic rings. The fourth-order valence-electron chi connectivity index (χ4n) is 2.72. The quantitative estimate of drug-likeness (QED) is 0.781. The van der Waals surface area contributed by atoms with Crippen molar-refractivity contribution in [2.45, 2.75) is 18.8 Å². The molecule has 0 saturated carbocycles. The highest BCUT2D eigenvalue weighted by Crippen LogP contribution is 2.26. The van der Waals surface area contributed by atoms with Crippen molar-refractivity contribution in [3.63, 3.8) is 0 Å². The molecule has 0 N–H and O–H groups in total. The number of alkyl halides is 1. The third-order valence-electron chi connectivity index (χ3n) is 3.84. The summed E-state index contributed by atoms with van der Waals surface area (Å²) in [7, 11) is 0. The van der Waals surface area contributed by atoms with E-state index in [4.69, 9.17) is 23.2 Å². The van der Waals surface area contributed by atoms with E-state index in [0.717, 1.165) is 35.0 Å². The van der Waals surface area contributed by atoms with Gasteiger partial charge in [0.05, 0.1) is 16.4 Å². The first-order valence-electron chi connectivity index (χ1n) is 7.25. The molecule has 1 unspecified atom stereocenters. The number of fused-ring (bicyclic) bond motifs is 1. The average Bonchev–Trinajstić information content (AvgIpc) is 2.84. The van der Waals surface area contributed by atoms with Gasteiger partial charge in [-0.3, -0.25) is 4.90 Å². The Bertz CT molecular complexity index is 621. The number of imidazole rings is 1. The maximum Gasteiger partial charge on any atom is 0.127 e. The predicted octanol–water partition coefficient (Wildman–Crippen LogP) is 4.04. The third kappa shape index (κ3) is 3.50. The molecule has 21 heavy (non-hydrogen) atoms. The predicted molar refractivity (Wildman–Crippen MR) is 92.8 cm³/mol. The van der Waals surface area contributed by atoms with E-state index >= 15 is 0 Å². The Hall–Kier alpha value is -0.420. The van der Waals surface area contributed by atoms with Crippen molar-refractivity contribution >= 4 is 46.0 Å². The fraction of sp³-hybridized carbons (Fsp3) is 0.533. The maximum atomic E-state index is 6.31. The van der Waals surface area contributed by atoms with Crippen LogP contribution in [0.4, 0.5) is 0 Å². The molecule has 114 valence electrons. The largest absolute Gasteiger partial charge is 0.325 e. The van der Waals surface area contributed by atoms with Crippen molar-refractivity contribution < 1.29 is 0 Å². The molecular weight excluding hydrogens is 325 g/mol. The van der Waals surface area contributed by atoms with Crippen LogP contribution in [0.5, 0.6) is 0 Å². The first-order chi connectivity index (χ1) is 10.1. The maximum absolute atomic E-state index is 6.31. The summed E-state index contributed by atoms with van der Waals surface area (Å²) in [5, 5.41) is 0.639. The molecule has 1 aliphatic heterocycles. The van der Waals surface area contributed by atoms with Crippen molar-refractivity contribution in [2.75, 3.05) is 31.1 Å². The van der Waals surface area contributed by atoms with E-state index in [0.29, 0.717) is 0 Å². The lowest BCUT2D eigenvalue weighted by Gasteiger charge is -2.26. The van der Waals surface area contributed by atoms with Gasteiger partial charge in [0.1, 0.15) is 5.82 Å². The van der Waals surface area contributed by atoms with Gasteiger partial charge in [0.25, 0.3) is 0 Å². The lowest BCUT2D eigenvalue weighted by atomic mass is 10.3. The smallest absolute Gasteiger partial charge is 0.127 e. The molecule has 3 rings (SSSR count). The molecule has 1 atom stereocenters. The normalized spacial score (nSPS) is 18.2. The summed E-state index contributed by atoms with van der Waals surface area (Å²) in [5.74, 6) is 3.39. The van der Waals surface area contributed by atoms with E-state index in [9.17, 15) is 0 Å². The van der Waals surface area contributed by atoms with Crippen LogP contribution in [0.3, 0.4) is 0 Å². The van der Waals surface area contributed by atoms with E-state index < -0.39 is 0 Å². The lowest BCUT2D eigenvalue weighted by molar-refractivity contribution is 0.289. The zero-order valence-electron chi connectivity index (χ0n) is 12.1.